The highest BCUT2D eigenvalue weighted by Gasteiger charge is 2.26. The molecule has 2 atom stereocenters. The monoisotopic (exact) mass is 717 g/mol. The van der Waals surface area contributed by atoms with Crippen LogP contribution in [0.4, 0.5) is 21.0 Å². The van der Waals surface area contributed by atoms with E-state index in [1.165, 1.54) is 0 Å². The lowest BCUT2D eigenvalue weighted by Crippen LogP contribution is -2.47. The van der Waals surface area contributed by atoms with Crippen molar-refractivity contribution in [1.82, 2.24) is 15.6 Å². The Morgan fingerprint density at radius 2 is 1.00 bits per heavy atom. The molecule has 0 bridgehead atoms. The summed E-state index contributed by atoms with van der Waals surface area (Å²) in [7, 11) is 0. The molecule has 0 spiro atoms. The number of carbonyl (C=O) groups excluding carboxylic acids is 4. The van der Waals surface area contributed by atoms with Crippen LogP contribution in [-0.4, -0.2) is 41.1 Å². The van der Waals surface area contributed by atoms with Gasteiger partial charge in [0.25, 0.3) is 0 Å². The molecule has 0 fully saturated rings. The first-order chi connectivity index (χ1) is 25.5. The smallest absolute Gasteiger partial charge is 0.408 e. The minimum atomic E-state index is -0.811. The first kappa shape index (κ1) is 37.8. The number of benzene rings is 4. The highest BCUT2D eigenvalue weighted by atomic mass is 16.6. The Morgan fingerprint density at radius 1 is 0.585 bits per heavy atom. The minimum Gasteiger partial charge on any atom is -0.445 e. The Bertz CT molecular complexity index is 1820. The lowest BCUT2D eigenvalue weighted by molar-refractivity contribution is -0.119. The van der Waals surface area contributed by atoms with E-state index in [1.807, 2.05) is 88.4 Å². The maximum Gasteiger partial charge on any atom is 0.408 e. The fourth-order valence-electron chi connectivity index (χ4n) is 5.25. The van der Waals surface area contributed by atoms with Crippen LogP contribution in [0.2, 0.25) is 0 Å². The summed E-state index contributed by atoms with van der Waals surface area (Å²) in [6, 6.07) is 31.0. The number of anilines is 2. The standard InChI is InChI=1S/C41H43N5O7/c1-26(2)35(45-40(49)51-24-28-11-7-5-8-12-28)37(47)43-32-19-15-30(16-20-32)34-23-42-39(53-34)31-17-21-33(22-18-31)44-38(48)36(27(3)4)46-41(50)52-25-29-13-9-6-10-14-29/h5-23,26-27,35-36H,24-25H2,1-4H3,(H,43,47)(H,44,48)(H,45,49)(H,46,50)/t35-,36-/m1/s1. The van der Waals surface area contributed by atoms with E-state index in [2.05, 4.69) is 26.3 Å². The van der Waals surface area contributed by atoms with Crippen molar-refractivity contribution < 1.29 is 33.1 Å². The molecule has 274 valence electrons. The number of rotatable bonds is 14. The maximum absolute atomic E-state index is 13.1. The molecule has 12 nitrogen and oxygen atoms in total. The number of nitrogens with zero attached hydrogens (tertiary/aromatic N) is 1. The second-order valence-electron chi connectivity index (χ2n) is 13.0. The van der Waals surface area contributed by atoms with E-state index in [1.54, 1.807) is 54.7 Å². The molecule has 53 heavy (non-hydrogen) atoms. The lowest BCUT2D eigenvalue weighted by atomic mass is 10.0. The minimum absolute atomic E-state index is 0.0976. The molecule has 0 aliphatic rings. The SMILES string of the molecule is CC(C)[C@@H](NC(=O)OCc1ccccc1)C(=O)Nc1ccc(-c2cnc(-c3ccc(NC(=O)[C@H](NC(=O)OCc4ccccc4)C(C)C)cc3)o2)cc1. The van der Waals surface area contributed by atoms with Gasteiger partial charge in [-0.15, -0.1) is 0 Å². The number of ether oxygens (including phenoxy) is 2. The first-order valence-corrected chi connectivity index (χ1v) is 17.3. The van der Waals surface area contributed by atoms with E-state index in [0.29, 0.717) is 28.6 Å². The van der Waals surface area contributed by atoms with Gasteiger partial charge in [0, 0.05) is 22.5 Å². The molecule has 5 aromatic rings. The van der Waals surface area contributed by atoms with Gasteiger partial charge in [-0.3, -0.25) is 9.59 Å². The lowest BCUT2D eigenvalue weighted by Gasteiger charge is -2.21. The van der Waals surface area contributed by atoms with Gasteiger partial charge in [0.05, 0.1) is 6.20 Å². The van der Waals surface area contributed by atoms with Gasteiger partial charge in [-0.25, -0.2) is 14.6 Å². The number of nitrogens with one attached hydrogen (secondary N) is 4. The van der Waals surface area contributed by atoms with Gasteiger partial charge in [-0.1, -0.05) is 88.4 Å². The number of amides is 4. The van der Waals surface area contributed by atoms with Crippen LogP contribution in [0.15, 0.2) is 120 Å². The third-order valence-corrected chi connectivity index (χ3v) is 8.21. The van der Waals surface area contributed by atoms with Crippen molar-refractivity contribution in [3.63, 3.8) is 0 Å². The summed E-state index contributed by atoms with van der Waals surface area (Å²) in [6.07, 6.45) is 0.251. The van der Waals surface area contributed by atoms with Crippen LogP contribution in [0.5, 0.6) is 0 Å². The van der Waals surface area contributed by atoms with Crippen LogP contribution in [0.1, 0.15) is 38.8 Å². The van der Waals surface area contributed by atoms with Crippen LogP contribution >= 0.6 is 0 Å². The van der Waals surface area contributed by atoms with Gasteiger partial charge in [0.2, 0.25) is 17.7 Å². The van der Waals surface area contributed by atoms with Gasteiger partial charge < -0.3 is 35.2 Å². The summed E-state index contributed by atoms with van der Waals surface area (Å²) in [6.45, 7) is 7.55. The molecule has 0 unspecified atom stereocenters. The second-order valence-corrected chi connectivity index (χ2v) is 13.0. The molecule has 4 aromatic carbocycles. The highest BCUT2D eigenvalue weighted by molar-refractivity contribution is 5.97. The van der Waals surface area contributed by atoms with Crippen LogP contribution < -0.4 is 21.3 Å². The topological polar surface area (TPSA) is 161 Å². The van der Waals surface area contributed by atoms with Gasteiger partial charge in [-0.2, -0.15) is 0 Å². The molecule has 0 saturated heterocycles. The van der Waals surface area contributed by atoms with E-state index in [9.17, 15) is 19.2 Å². The Hall–Kier alpha value is -6.43. The number of hydrogen-bond donors (Lipinski definition) is 4. The average molecular weight is 718 g/mol. The summed E-state index contributed by atoms with van der Waals surface area (Å²) in [5, 5.41) is 11.0. The van der Waals surface area contributed by atoms with Crippen molar-refractivity contribution >= 4 is 35.4 Å². The molecule has 0 aliphatic heterocycles. The van der Waals surface area contributed by atoms with Crippen LogP contribution in [-0.2, 0) is 32.3 Å². The van der Waals surface area contributed by atoms with Crippen molar-refractivity contribution in [2.24, 2.45) is 11.8 Å². The van der Waals surface area contributed by atoms with Crippen molar-refractivity contribution in [3.8, 4) is 22.8 Å². The average Bonchev–Trinajstić information content (AvgIpc) is 3.66. The fraction of sp³-hybridized carbons (Fsp3) is 0.244. The summed E-state index contributed by atoms with van der Waals surface area (Å²) in [5.74, 6) is -0.231. The van der Waals surface area contributed by atoms with Gasteiger partial charge >= 0.3 is 12.2 Å². The van der Waals surface area contributed by atoms with E-state index >= 15 is 0 Å². The second kappa shape index (κ2) is 18.2. The van der Waals surface area contributed by atoms with Crippen LogP contribution in [0, 0.1) is 11.8 Å². The zero-order chi connectivity index (χ0) is 37.7. The molecule has 0 radical (unpaired) electrons. The van der Waals surface area contributed by atoms with Crippen molar-refractivity contribution in [2.75, 3.05) is 10.6 Å². The molecule has 4 amide bonds. The van der Waals surface area contributed by atoms with E-state index in [-0.39, 0.29) is 36.9 Å². The quantitative estimate of drug-likeness (QED) is 0.0906. The third-order valence-electron chi connectivity index (χ3n) is 8.21. The molecule has 12 heteroatoms. The molecule has 5 rings (SSSR count). The van der Waals surface area contributed by atoms with E-state index in [4.69, 9.17) is 13.9 Å². The molecule has 0 aliphatic carbocycles. The Morgan fingerprint density at radius 3 is 1.42 bits per heavy atom. The summed E-state index contributed by atoms with van der Waals surface area (Å²) in [4.78, 5) is 55.4. The van der Waals surface area contributed by atoms with Crippen molar-refractivity contribution in [1.29, 1.82) is 0 Å². The fourth-order valence-corrected chi connectivity index (χ4v) is 5.25. The summed E-state index contributed by atoms with van der Waals surface area (Å²) < 4.78 is 16.6. The maximum atomic E-state index is 13.1. The Kier molecular flexibility index (Phi) is 13.0. The number of carbonyl (C=O) groups is 4. The van der Waals surface area contributed by atoms with Crippen molar-refractivity contribution in [3.05, 3.63) is 127 Å². The van der Waals surface area contributed by atoms with Crippen molar-refractivity contribution in [2.45, 2.75) is 53.0 Å². The highest BCUT2D eigenvalue weighted by Crippen LogP contribution is 2.28. The molecule has 4 N–H and O–H groups in total. The largest absolute Gasteiger partial charge is 0.445 e. The summed E-state index contributed by atoms with van der Waals surface area (Å²) in [5.41, 5.74) is 4.19. The Balaban J connectivity index is 1.13. The van der Waals surface area contributed by atoms with Gasteiger partial charge in [0.15, 0.2) is 5.76 Å². The first-order valence-electron chi connectivity index (χ1n) is 17.3. The number of oxazole rings is 1. The number of aromatic nitrogens is 1. The van der Waals surface area contributed by atoms with Gasteiger partial charge in [0.1, 0.15) is 25.3 Å². The molecule has 0 saturated carbocycles. The van der Waals surface area contributed by atoms with Crippen LogP contribution in [0.3, 0.4) is 0 Å². The number of hydrogen-bond acceptors (Lipinski definition) is 8. The van der Waals surface area contributed by atoms with Gasteiger partial charge in [-0.05, 0) is 71.5 Å². The molecular weight excluding hydrogens is 674 g/mol. The predicted octanol–water partition coefficient (Wildman–Crippen LogP) is 7.79. The molecule has 1 heterocycles. The zero-order valence-corrected chi connectivity index (χ0v) is 30.0. The molecular formula is C41H43N5O7. The third kappa shape index (κ3) is 11.0. The van der Waals surface area contributed by atoms with E-state index in [0.717, 1.165) is 16.7 Å². The predicted molar refractivity (Wildman–Crippen MR) is 201 cm³/mol. The normalized spacial score (nSPS) is 12.0. The Labute approximate surface area is 308 Å². The molecule has 1 aromatic heterocycles. The van der Waals surface area contributed by atoms with Crippen LogP contribution in [0.25, 0.3) is 22.8 Å². The van der Waals surface area contributed by atoms with E-state index < -0.39 is 24.3 Å². The zero-order valence-electron chi connectivity index (χ0n) is 30.0. The summed E-state index contributed by atoms with van der Waals surface area (Å²) >= 11 is 0. The number of alkyl carbamates (subject to hydrolysis) is 2.